The van der Waals surface area contributed by atoms with Gasteiger partial charge < -0.3 is 4.48 Å². The van der Waals surface area contributed by atoms with E-state index in [9.17, 15) is 0 Å². The highest BCUT2D eigenvalue weighted by Gasteiger charge is 2.30. The third kappa shape index (κ3) is 13.7. The first-order valence-electron chi connectivity index (χ1n) is 13.2. The summed E-state index contributed by atoms with van der Waals surface area (Å²) in [6.07, 6.45) is 29.4. The smallest absolute Gasteiger partial charge is 0.0788 e. The van der Waals surface area contributed by atoms with E-state index in [1.165, 1.54) is 159 Å². The molecule has 0 aromatic carbocycles. The molecule has 0 radical (unpaired) electrons. The van der Waals surface area contributed by atoms with E-state index in [4.69, 9.17) is 0 Å². The molecule has 1 heterocycles. The van der Waals surface area contributed by atoms with Crippen molar-refractivity contribution < 1.29 is 4.48 Å². The minimum atomic E-state index is 1.37. The van der Waals surface area contributed by atoms with Crippen LogP contribution >= 0.6 is 0 Å². The van der Waals surface area contributed by atoms with Gasteiger partial charge in [-0.15, -0.1) is 0 Å². The Morgan fingerprint density at radius 2 is 0.704 bits per heavy atom. The maximum absolute atomic E-state index is 2.31. The van der Waals surface area contributed by atoms with E-state index in [0.29, 0.717) is 0 Å². The van der Waals surface area contributed by atoms with Crippen LogP contribution in [0, 0.1) is 0 Å². The fourth-order valence-corrected chi connectivity index (χ4v) is 5.08. The molecule has 0 atom stereocenters. The van der Waals surface area contributed by atoms with Gasteiger partial charge in [-0.25, -0.2) is 0 Å². The van der Waals surface area contributed by atoms with Crippen LogP contribution in [-0.2, 0) is 0 Å². The van der Waals surface area contributed by atoms with Crippen LogP contribution in [0.2, 0.25) is 0 Å². The van der Waals surface area contributed by atoms with Gasteiger partial charge in [0, 0.05) is 12.8 Å². The summed E-state index contributed by atoms with van der Waals surface area (Å²) < 4.78 is 1.49. The Morgan fingerprint density at radius 1 is 0.407 bits per heavy atom. The van der Waals surface area contributed by atoms with Crippen molar-refractivity contribution >= 4 is 0 Å². The molecule has 0 saturated carbocycles. The van der Waals surface area contributed by atoms with Crippen LogP contribution in [0.3, 0.4) is 0 Å². The summed E-state index contributed by atoms with van der Waals surface area (Å²) in [5.74, 6) is 0. The molecule has 0 aliphatic carbocycles. The van der Waals surface area contributed by atoms with E-state index in [-0.39, 0.29) is 0 Å². The molecule has 1 fully saturated rings. The molecule has 0 bridgehead atoms. The number of quaternary nitrogens is 1. The standard InChI is InChI=1S/C26H54N/c1-3-5-7-9-11-13-14-16-18-20-24-27(25-21-22-26-27)23-19-17-15-12-10-8-6-4-2/h3-26H2,1-2H3/q+1. The van der Waals surface area contributed by atoms with Crippen molar-refractivity contribution in [3.8, 4) is 0 Å². The topological polar surface area (TPSA) is 0 Å². The molecular formula is C26H54N+. The SMILES string of the molecule is CCCCCCCCCCCC[N+]1(CCCCCCCCCC)CCCC1. The lowest BCUT2D eigenvalue weighted by atomic mass is 10.1. The van der Waals surface area contributed by atoms with Crippen molar-refractivity contribution in [3.63, 3.8) is 0 Å². The van der Waals surface area contributed by atoms with Crippen LogP contribution in [0.1, 0.15) is 142 Å². The van der Waals surface area contributed by atoms with Crippen molar-refractivity contribution in [1.29, 1.82) is 0 Å². The van der Waals surface area contributed by atoms with Gasteiger partial charge in [-0.05, 0) is 25.7 Å². The third-order valence-corrected chi connectivity index (χ3v) is 6.99. The van der Waals surface area contributed by atoms with Crippen LogP contribution in [0.15, 0.2) is 0 Å². The van der Waals surface area contributed by atoms with Gasteiger partial charge in [0.1, 0.15) is 0 Å². The molecule has 0 N–H and O–H groups in total. The molecule has 1 heteroatoms. The monoisotopic (exact) mass is 380 g/mol. The van der Waals surface area contributed by atoms with Gasteiger partial charge in [-0.2, -0.15) is 0 Å². The summed E-state index contributed by atoms with van der Waals surface area (Å²) in [6.45, 7) is 10.6. The molecule has 1 aliphatic rings. The van der Waals surface area contributed by atoms with Gasteiger partial charge in [0.25, 0.3) is 0 Å². The average molecular weight is 381 g/mol. The molecule has 1 saturated heterocycles. The Morgan fingerprint density at radius 3 is 1.04 bits per heavy atom. The number of hydrogen-bond acceptors (Lipinski definition) is 0. The molecule has 0 spiro atoms. The number of rotatable bonds is 20. The highest BCUT2D eigenvalue weighted by Crippen LogP contribution is 2.23. The summed E-state index contributed by atoms with van der Waals surface area (Å²) in [5.41, 5.74) is 0. The Labute approximate surface area is 173 Å². The molecular weight excluding hydrogens is 326 g/mol. The quantitative estimate of drug-likeness (QED) is 0.146. The Kier molecular flexibility index (Phi) is 16.7. The number of likely N-dealkylation sites (tertiary alicyclic amines) is 1. The number of nitrogens with zero attached hydrogens (tertiary/aromatic N) is 1. The Bertz CT molecular complexity index is 293. The molecule has 0 unspecified atom stereocenters. The first-order valence-corrected chi connectivity index (χ1v) is 13.2. The first kappa shape index (κ1) is 25.0. The predicted molar refractivity (Wildman–Crippen MR) is 123 cm³/mol. The summed E-state index contributed by atoms with van der Waals surface area (Å²) >= 11 is 0. The predicted octanol–water partition coefficient (Wildman–Crippen LogP) is 8.66. The average Bonchev–Trinajstić information content (AvgIpc) is 3.14. The van der Waals surface area contributed by atoms with Gasteiger partial charge in [0.05, 0.1) is 26.2 Å². The van der Waals surface area contributed by atoms with E-state index < -0.39 is 0 Å². The van der Waals surface area contributed by atoms with Crippen molar-refractivity contribution in [3.05, 3.63) is 0 Å². The van der Waals surface area contributed by atoms with Crippen LogP contribution in [0.4, 0.5) is 0 Å². The van der Waals surface area contributed by atoms with Crippen LogP contribution in [-0.4, -0.2) is 30.7 Å². The lowest BCUT2D eigenvalue weighted by molar-refractivity contribution is -0.917. The van der Waals surface area contributed by atoms with Crippen molar-refractivity contribution in [2.75, 3.05) is 26.2 Å². The Hall–Kier alpha value is -0.0400. The molecule has 1 rings (SSSR count). The maximum atomic E-state index is 2.31. The van der Waals surface area contributed by atoms with Crippen molar-refractivity contribution in [2.24, 2.45) is 0 Å². The van der Waals surface area contributed by atoms with Gasteiger partial charge in [0.15, 0.2) is 0 Å². The fraction of sp³-hybridized carbons (Fsp3) is 1.00. The van der Waals surface area contributed by atoms with E-state index in [1.807, 2.05) is 0 Å². The molecule has 1 nitrogen and oxygen atoms in total. The Balaban J connectivity index is 1.98. The van der Waals surface area contributed by atoms with Gasteiger partial charge in [0.2, 0.25) is 0 Å². The van der Waals surface area contributed by atoms with Crippen molar-refractivity contribution in [1.82, 2.24) is 0 Å². The zero-order valence-electron chi connectivity index (χ0n) is 19.4. The molecule has 0 aromatic rings. The van der Waals surface area contributed by atoms with Gasteiger partial charge in [-0.1, -0.05) is 104 Å². The lowest BCUT2D eigenvalue weighted by Gasteiger charge is -2.34. The van der Waals surface area contributed by atoms with E-state index >= 15 is 0 Å². The highest BCUT2D eigenvalue weighted by atomic mass is 15.4. The largest absolute Gasteiger partial charge is 0.324 e. The van der Waals surface area contributed by atoms with Gasteiger partial charge >= 0.3 is 0 Å². The van der Waals surface area contributed by atoms with E-state index in [0.717, 1.165) is 0 Å². The first-order chi connectivity index (χ1) is 13.3. The normalized spacial score (nSPS) is 16.2. The van der Waals surface area contributed by atoms with Gasteiger partial charge in [-0.3, -0.25) is 0 Å². The molecule has 27 heavy (non-hydrogen) atoms. The second-order valence-electron chi connectivity index (χ2n) is 9.60. The lowest BCUT2D eigenvalue weighted by Crippen LogP contribution is -2.46. The van der Waals surface area contributed by atoms with E-state index in [1.54, 1.807) is 0 Å². The van der Waals surface area contributed by atoms with E-state index in [2.05, 4.69) is 13.8 Å². The fourth-order valence-electron chi connectivity index (χ4n) is 5.08. The molecule has 1 aliphatic heterocycles. The summed E-state index contributed by atoms with van der Waals surface area (Å²) in [6, 6.07) is 0. The maximum Gasteiger partial charge on any atom is 0.0788 e. The number of hydrogen-bond donors (Lipinski definition) is 0. The molecule has 0 amide bonds. The zero-order chi connectivity index (χ0) is 19.5. The third-order valence-electron chi connectivity index (χ3n) is 6.99. The molecule has 162 valence electrons. The summed E-state index contributed by atoms with van der Waals surface area (Å²) in [7, 11) is 0. The second-order valence-corrected chi connectivity index (χ2v) is 9.60. The van der Waals surface area contributed by atoms with Crippen molar-refractivity contribution in [2.45, 2.75) is 142 Å². The van der Waals surface area contributed by atoms with Crippen LogP contribution in [0.25, 0.3) is 0 Å². The summed E-state index contributed by atoms with van der Waals surface area (Å²) in [5, 5.41) is 0. The second kappa shape index (κ2) is 18.0. The van der Waals surface area contributed by atoms with Crippen LogP contribution < -0.4 is 0 Å². The minimum Gasteiger partial charge on any atom is -0.324 e. The molecule has 0 aromatic heterocycles. The summed E-state index contributed by atoms with van der Waals surface area (Å²) in [4.78, 5) is 0. The number of unbranched alkanes of at least 4 members (excludes halogenated alkanes) is 16. The zero-order valence-corrected chi connectivity index (χ0v) is 19.4. The minimum absolute atomic E-state index is 1.37. The highest BCUT2D eigenvalue weighted by molar-refractivity contribution is 4.57. The van der Waals surface area contributed by atoms with Crippen LogP contribution in [0.5, 0.6) is 0 Å².